The largest absolute Gasteiger partial charge is 0.295 e. The molecule has 1 aliphatic carbocycles. The molecule has 0 N–H and O–H groups in total. The first-order valence-electron chi connectivity index (χ1n) is 4.70. The molecule has 0 unspecified atom stereocenters. The van der Waals surface area contributed by atoms with Crippen molar-refractivity contribution in [2.45, 2.75) is 18.8 Å². The molecule has 0 amide bonds. The zero-order chi connectivity index (χ0) is 9.97. The van der Waals surface area contributed by atoms with Gasteiger partial charge in [0, 0.05) is 11.4 Å². The van der Waals surface area contributed by atoms with Crippen LogP contribution in [0.4, 0.5) is 0 Å². The Kier molecular flexibility index (Phi) is 2.69. The van der Waals surface area contributed by atoms with E-state index in [1.54, 1.807) is 6.08 Å². The molecule has 0 saturated heterocycles. The van der Waals surface area contributed by atoms with Crippen molar-refractivity contribution < 1.29 is 4.79 Å². The summed E-state index contributed by atoms with van der Waals surface area (Å²) in [5.74, 6) is 0.556. The number of rotatable bonds is 1. The fourth-order valence-electron chi connectivity index (χ4n) is 1.75. The Balaban J connectivity index is 2.19. The van der Waals surface area contributed by atoms with Crippen molar-refractivity contribution in [3.63, 3.8) is 0 Å². The molecule has 1 aromatic carbocycles. The van der Waals surface area contributed by atoms with Crippen LogP contribution < -0.4 is 0 Å². The Morgan fingerprint density at radius 2 is 1.93 bits per heavy atom. The van der Waals surface area contributed by atoms with Crippen LogP contribution in [0.25, 0.3) is 0 Å². The van der Waals surface area contributed by atoms with E-state index in [2.05, 4.69) is 0 Å². The zero-order valence-corrected chi connectivity index (χ0v) is 8.50. The number of hydrogen-bond acceptors (Lipinski definition) is 1. The standard InChI is InChI=1S/C12H11ClO/c13-11-6-4-9(5-7-11)10-2-1-3-12(14)8-10/h1,3-7,10H,2,8H2/t10-/m1/s1. The number of carbonyl (C=O) groups excluding carboxylic acids is 1. The van der Waals surface area contributed by atoms with Gasteiger partial charge in [0.15, 0.2) is 5.78 Å². The lowest BCUT2D eigenvalue weighted by molar-refractivity contribution is -0.115. The molecule has 2 heteroatoms. The van der Waals surface area contributed by atoms with E-state index in [1.165, 1.54) is 5.56 Å². The molecule has 1 nitrogen and oxygen atoms in total. The van der Waals surface area contributed by atoms with E-state index >= 15 is 0 Å². The number of ketones is 1. The number of halogens is 1. The normalized spacial score (nSPS) is 21.2. The van der Waals surface area contributed by atoms with Gasteiger partial charge in [-0.05, 0) is 36.1 Å². The molecule has 0 aromatic heterocycles. The summed E-state index contributed by atoms with van der Waals surface area (Å²) >= 11 is 5.80. The van der Waals surface area contributed by atoms with E-state index < -0.39 is 0 Å². The highest BCUT2D eigenvalue weighted by atomic mass is 35.5. The van der Waals surface area contributed by atoms with Crippen molar-refractivity contribution in [3.8, 4) is 0 Å². The maximum atomic E-state index is 11.2. The number of carbonyl (C=O) groups is 1. The minimum Gasteiger partial charge on any atom is -0.295 e. The molecule has 0 radical (unpaired) electrons. The van der Waals surface area contributed by atoms with Gasteiger partial charge in [0.05, 0.1) is 0 Å². The summed E-state index contributed by atoms with van der Waals surface area (Å²) in [6.45, 7) is 0. The minimum absolute atomic E-state index is 0.219. The van der Waals surface area contributed by atoms with Gasteiger partial charge in [-0.3, -0.25) is 4.79 Å². The fourth-order valence-corrected chi connectivity index (χ4v) is 1.87. The highest BCUT2D eigenvalue weighted by molar-refractivity contribution is 6.30. The Labute approximate surface area is 88.4 Å². The lowest BCUT2D eigenvalue weighted by atomic mass is 9.87. The monoisotopic (exact) mass is 206 g/mol. The third-order valence-electron chi connectivity index (χ3n) is 2.51. The molecule has 0 saturated carbocycles. The Bertz CT molecular complexity index is 364. The quantitative estimate of drug-likeness (QED) is 0.689. The van der Waals surface area contributed by atoms with Crippen LogP contribution in [0, 0.1) is 0 Å². The molecule has 0 spiro atoms. The average Bonchev–Trinajstić information content (AvgIpc) is 2.19. The molecule has 2 rings (SSSR count). The van der Waals surface area contributed by atoms with Crippen LogP contribution in [0.2, 0.25) is 5.02 Å². The summed E-state index contributed by atoms with van der Waals surface area (Å²) in [5.41, 5.74) is 1.20. The first kappa shape index (κ1) is 9.47. The van der Waals surface area contributed by atoms with Crippen LogP contribution in [0.1, 0.15) is 24.3 Å². The second-order valence-corrected chi connectivity index (χ2v) is 3.99. The van der Waals surface area contributed by atoms with E-state index in [0.29, 0.717) is 12.3 Å². The van der Waals surface area contributed by atoms with Gasteiger partial charge >= 0.3 is 0 Å². The maximum Gasteiger partial charge on any atom is 0.155 e. The predicted molar refractivity (Wildman–Crippen MR) is 57.6 cm³/mol. The van der Waals surface area contributed by atoms with Crippen LogP contribution in [-0.4, -0.2) is 5.78 Å². The van der Waals surface area contributed by atoms with Gasteiger partial charge in [-0.2, -0.15) is 0 Å². The second kappa shape index (κ2) is 3.97. The van der Waals surface area contributed by atoms with E-state index in [1.807, 2.05) is 30.3 Å². The van der Waals surface area contributed by atoms with Crippen LogP contribution in [0.15, 0.2) is 36.4 Å². The van der Waals surface area contributed by atoms with Gasteiger partial charge in [0.1, 0.15) is 0 Å². The molecule has 1 aromatic rings. The molecule has 14 heavy (non-hydrogen) atoms. The highest BCUT2D eigenvalue weighted by Gasteiger charge is 2.16. The molecule has 0 fully saturated rings. The van der Waals surface area contributed by atoms with Crippen LogP contribution in [-0.2, 0) is 4.79 Å². The van der Waals surface area contributed by atoms with Crippen molar-refractivity contribution in [1.82, 2.24) is 0 Å². The summed E-state index contributed by atoms with van der Waals surface area (Å²) in [7, 11) is 0. The molecule has 1 atom stereocenters. The van der Waals surface area contributed by atoms with Crippen molar-refractivity contribution in [2.24, 2.45) is 0 Å². The fraction of sp³-hybridized carbons (Fsp3) is 0.250. The van der Waals surface area contributed by atoms with Gasteiger partial charge in [0.2, 0.25) is 0 Å². The van der Waals surface area contributed by atoms with Crippen molar-refractivity contribution in [2.75, 3.05) is 0 Å². The third-order valence-corrected chi connectivity index (χ3v) is 2.77. The van der Waals surface area contributed by atoms with E-state index in [4.69, 9.17) is 11.6 Å². The number of benzene rings is 1. The zero-order valence-electron chi connectivity index (χ0n) is 7.74. The predicted octanol–water partition coefficient (Wildman–Crippen LogP) is 3.34. The van der Waals surface area contributed by atoms with Crippen LogP contribution >= 0.6 is 11.6 Å². The second-order valence-electron chi connectivity index (χ2n) is 3.56. The highest BCUT2D eigenvalue weighted by Crippen LogP contribution is 2.28. The van der Waals surface area contributed by atoms with Crippen molar-refractivity contribution in [3.05, 3.63) is 47.0 Å². The van der Waals surface area contributed by atoms with E-state index in [-0.39, 0.29) is 5.78 Å². The SMILES string of the molecule is O=C1C=CC[C@@H](c2ccc(Cl)cc2)C1. The topological polar surface area (TPSA) is 17.1 Å². The first-order valence-corrected chi connectivity index (χ1v) is 5.08. The third kappa shape index (κ3) is 2.05. The molecule has 1 aliphatic rings. The van der Waals surface area contributed by atoms with Gasteiger partial charge < -0.3 is 0 Å². The van der Waals surface area contributed by atoms with Crippen LogP contribution in [0.5, 0.6) is 0 Å². The molecular weight excluding hydrogens is 196 g/mol. The van der Waals surface area contributed by atoms with Gasteiger partial charge in [-0.25, -0.2) is 0 Å². The Morgan fingerprint density at radius 1 is 1.21 bits per heavy atom. The van der Waals surface area contributed by atoms with Gasteiger partial charge in [-0.1, -0.05) is 29.8 Å². The summed E-state index contributed by atoms with van der Waals surface area (Å²) < 4.78 is 0. The molecule has 0 heterocycles. The summed E-state index contributed by atoms with van der Waals surface area (Å²) in [4.78, 5) is 11.2. The van der Waals surface area contributed by atoms with Crippen molar-refractivity contribution in [1.29, 1.82) is 0 Å². The first-order chi connectivity index (χ1) is 6.75. The van der Waals surface area contributed by atoms with Gasteiger partial charge in [0.25, 0.3) is 0 Å². The molecular formula is C12H11ClO. The van der Waals surface area contributed by atoms with Crippen molar-refractivity contribution >= 4 is 17.4 Å². The van der Waals surface area contributed by atoms with E-state index in [0.717, 1.165) is 11.4 Å². The van der Waals surface area contributed by atoms with Gasteiger partial charge in [-0.15, -0.1) is 0 Å². The summed E-state index contributed by atoms with van der Waals surface area (Å²) in [5, 5.41) is 0.742. The smallest absolute Gasteiger partial charge is 0.155 e. The Morgan fingerprint density at radius 3 is 2.57 bits per heavy atom. The molecule has 0 bridgehead atoms. The molecule has 0 aliphatic heterocycles. The lowest BCUT2D eigenvalue weighted by Crippen LogP contribution is -2.08. The Hall–Kier alpha value is -1.08. The number of hydrogen-bond donors (Lipinski definition) is 0. The average molecular weight is 207 g/mol. The number of allylic oxidation sites excluding steroid dienone is 2. The van der Waals surface area contributed by atoms with E-state index in [9.17, 15) is 4.79 Å². The minimum atomic E-state index is 0.219. The summed E-state index contributed by atoms with van der Waals surface area (Å²) in [6, 6.07) is 7.75. The lowest BCUT2D eigenvalue weighted by Gasteiger charge is -2.17. The summed E-state index contributed by atoms with van der Waals surface area (Å²) in [6.07, 6.45) is 5.20. The molecule has 72 valence electrons. The van der Waals surface area contributed by atoms with Crippen LogP contribution in [0.3, 0.4) is 0 Å². The maximum absolute atomic E-state index is 11.2.